The molecule has 1 nitrogen and oxygen atoms in total. The molecule has 2 aromatic carbocycles. The fraction of sp³-hybridized carbons (Fsp3) is 0.0625. The molecule has 0 N–H and O–H groups in total. The summed E-state index contributed by atoms with van der Waals surface area (Å²) in [7, 11) is 0. The minimum absolute atomic E-state index is 0. The van der Waals surface area contributed by atoms with Gasteiger partial charge in [-0.1, -0.05) is 42.5 Å². The number of halogens is 1. The standard InChI is InChI=1S/C16H14N.ClH/c1-2-7-14(8-3-1)13-17-12-6-10-15-9-4-5-11-16(15)17;/h1-12H,13H2;1H/q+1;/p-1. The molecule has 0 fully saturated rings. The van der Waals surface area contributed by atoms with E-state index in [1.165, 1.54) is 16.5 Å². The average Bonchev–Trinajstić information content (AvgIpc) is 2.40. The Balaban J connectivity index is 0.00000120. The monoisotopic (exact) mass is 255 g/mol. The summed E-state index contributed by atoms with van der Waals surface area (Å²) in [6, 6.07) is 23.3. The van der Waals surface area contributed by atoms with E-state index in [0.29, 0.717) is 0 Å². The molecule has 1 aromatic heterocycles. The summed E-state index contributed by atoms with van der Waals surface area (Å²) < 4.78 is 2.28. The first kappa shape index (κ1) is 12.6. The molecule has 0 bridgehead atoms. The molecule has 3 rings (SSSR count). The number of benzene rings is 2. The maximum Gasteiger partial charge on any atom is 0.212 e. The van der Waals surface area contributed by atoms with Crippen molar-refractivity contribution in [1.82, 2.24) is 0 Å². The number of aromatic nitrogens is 1. The van der Waals surface area contributed by atoms with Crippen LogP contribution in [0.5, 0.6) is 0 Å². The Bertz CT molecular complexity index is 629. The van der Waals surface area contributed by atoms with E-state index in [4.69, 9.17) is 0 Å². The number of hydrogen-bond acceptors (Lipinski definition) is 0. The lowest BCUT2D eigenvalue weighted by atomic mass is 10.2. The quantitative estimate of drug-likeness (QED) is 0.576. The van der Waals surface area contributed by atoms with Crippen LogP contribution in [0, 0.1) is 0 Å². The topological polar surface area (TPSA) is 3.88 Å². The molecule has 0 radical (unpaired) electrons. The van der Waals surface area contributed by atoms with Gasteiger partial charge in [0.1, 0.15) is 0 Å². The SMILES string of the molecule is [Cl-].c1ccc(C[n+]2cccc3ccccc32)cc1. The van der Waals surface area contributed by atoms with Gasteiger partial charge >= 0.3 is 0 Å². The van der Waals surface area contributed by atoms with E-state index in [9.17, 15) is 0 Å². The summed E-state index contributed by atoms with van der Waals surface area (Å²) in [6.07, 6.45) is 2.13. The molecule has 0 saturated carbocycles. The van der Waals surface area contributed by atoms with Crippen LogP contribution in [0.25, 0.3) is 10.9 Å². The first-order chi connectivity index (χ1) is 8.43. The summed E-state index contributed by atoms with van der Waals surface area (Å²) in [5.41, 5.74) is 2.60. The van der Waals surface area contributed by atoms with Gasteiger partial charge < -0.3 is 12.4 Å². The number of para-hydroxylation sites is 1. The van der Waals surface area contributed by atoms with Gasteiger partial charge in [0, 0.05) is 23.1 Å². The number of nitrogens with zero attached hydrogens (tertiary/aromatic N) is 1. The second-order valence-corrected chi connectivity index (χ2v) is 4.18. The highest BCUT2D eigenvalue weighted by Gasteiger charge is 2.07. The molecule has 0 aliphatic rings. The summed E-state index contributed by atoms with van der Waals surface area (Å²) >= 11 is 0. The Hall–Kier alpha value is -1.86. The zero-order valence-corrected chi connectivity index (χ0v) is 10.7. The maximum atomic E-state index is 2.28. The molecule has 0 amide bonds. The molecule has 3 aromatic rings. The van der Waals surface area contributed by atoms with Gasteiger partial charge in [-0.05, 0) is 12.1 Å². The Kier molecular flexibility index (Phi) is 3.96. The van der Waals surface area contributed by atoms with Crippen molar-refractivity contribution in [2.24, 2.45) is 0 Å². The van der Waals surface area contributed by atoms with Crippen molar-refractivity contribution in [2.45, 2.75) is 6.54 Å². The molecule has 18 heavy (non-hydrogen) atoms. The summed E-state index contributed by atoms with van der Waals surface area (Å²) in [5, 5.41) is 1.28. The van der Waals surface area contributed by atoms with E-state index in [1.807, 2.05) is 0 Å². The normalized spacial score (nSPS) is 10.0. The predicted molar refractivity (Wildman–Crippen MR) is 69.7 cm³/mol. The van der Waals surface area contributed by atoms with Crippen molar-refractivity contribution in [1.29, 1.82) is 0 Å². The molecule has 2 heteroatoms. The fourth-order valence-corrected chi connectivity index (χ4v) is 2.14. The van der Waals surface area contributed by atoms with Crippen molar-refractivity contribution in [3.05, 3.63) is 78.5 Å². The van der Waals surface area contributed by atoms with Crippen molar-refractivity contribution in [3.63, 3.8) is 0 Å². The van der Waals surface area contributed by atoms with Gasteiger partial charge in [-0.3, -0.25) is 0 Å². The van der Waals surface area contributed by atoms with Crippen LogP contribution in [0.2, 0.25) is 0 Å². The highest BCUT2D eigenvalue weighted by Crippen LogP contribution is 2.08. The Morgan fingerprint density at radius 3 is 2.22 bits per heavy atom. The van der Waals surface area contributed by atoms with E-state index in [0.717, 1.165) is 6.54 Å². The third-order valence-corrected chi connectivity index (χ3v) is 2.98. The van der Waals surface area contributed by atoms with Crippen LogP contribution >= 0.6 is 0 Å². The molecule has 0 unspecified atom stereocenters. The molecule has 0 spiro atoms. The number of rotatable bonds is 2. The Morgan fingerprint density at radius 2 is 1.39 bits per heavy atom. The lowest BCUT2D eigenvalue weighted by molar-refractivity contribution is -0.662. The Morgan fingerprint density at radius 1 is 0.722 bits per heavy atom. The molecule has 90 valence electrons. The highest BCUT2D eigenvalue weighted by atomic mass is 35.5. The molecule has 0 aliphatic carbocycles. The predicted octanol–water partition coefficient (Wildman–Crippen LogP) is 0.180. The first-order valence-corrected chi connectivity index (χ1v) is 5.84. The van der Waals surface area contributed by atoms with Gasteiger partial charge in [-0.25, -0.2) is 0 Å². The zero-order chi connectivity index (χ0) is 11.5. The third-order valence-electron chi connectivity index (χ3n) is 2.98. The van der Waals surface area contributed by atoms with Crippen LogP contribution in [-0.4, -0.2) is 0 Å². The largest absolute Gasteiger partial charge is 1.00 e. The van der Waals surface area contributed by atoms with Crippen LogP contribution in [0.1, 0.15) is 5.56 Å². The van der Waals surface area contributed by atoms with Crippen LogP contribution in [0.4, 0.5) is 0 Å². The number of hydrogen-bond donors (Lipinski definition) is 0. The second-order valence-electron chi connectivity index (χ2n) is 4.18. The molecule has 0 aliphatic heterocycles. The van der Waals surface area contributed by atoms with Crippen molar-refractivity contribution >= 4 is 10.9 Å². The highest BCUT2D eigenvalue weighted by molar-refractivity contribution is 5.74. The minimum Gasteiger partial charge on any atom is -1.00 e. The van der Waals surface area contributed by atoms with Gasteiger partial charge in [-0.2, -0.15) is 4.57 Å². The van der Waals surface area contributed by atoms with Crippen LogP contribution in [0.15, 0.2) is 72.9 Å². The fourth-order valence-electron chi connectivity index (χ4n) is 2.14. The van der Waals surface area contributed by atoms with Crippen LogP contribution in [0.3, 0.4) is 0 Å². The van der Waals surface area contributed by atoms with Crippen LogP contribution in [-0.2, 0) is 6.54 Å². The lowest BCUT2D eigenvalue weighted by Gasteiger charge is -2.01. The van der Waals surface area contributed by atoms with Gasteiger partial charge in [0.05, 0.1) is 0 Å². The van der Waals surface area contributed by atoms with Crippen molar-refractivity contribution < 1.29 is 17.0 Å². The number of pyridine rings is 1. The molecule has 1 heterocycles. The van der Waals surface area contributed by atoms with E-state index < -0.39 is 0 Å². The van der Waals surface area contributed by atoms with Gasteiger partial charge in [0.25, 0.3) is 0 Å². The van der Waals surface area contributed by atoms with Gasteiger partial charge in [-0.15, -0.1) is 0 Å². The summed E-state index contributed by atoms with van der Waals surface area (Å²) in [6.45, 7) is 0.919. The lowest BCUT2D eigenvalue weighted by Crippen LogP contribution is -3.00. The maximum absolute atomic E-state index is 2.28. The summed E-state index contributed by atoms with van der Waals surface area (Å²) in [4.78, 5) is 0. The van der Waals surface area contributed by atoms with Gasteiger partial charge in [0.2, 0.25) is 5.52 Å². The van der Waals surface area contributed by atoms with E-state index in [2.05, 4.69) is 77.5 Å². The van der Waals surface area contributed by atoms with Crippen molar-refractivity contribution in [3.8, 4) is 0 Å². The zero-order valence-electron chi connectivity index (χ0n) is 9.96. The number of fused-ring (bicyclic) bond motifs is 1. The molecular weight excluding hydrogens is 242 g/mol. The first-order valence-electron chi connectivity index (χ1n) is 5.84. The second kappa shape index (κ2) is 5.65. The van der Waals surface area contributed by atoms with E-state index >= 15 is 0 Å². The van der Waals surface area contributed by atoms with Crippen LogP contribution < -0.4 is 17.0 Å². The third kappa shape index (κ3) is 2.52. The average molecular weight is 256 g/mol. The van der Waals surface area contributed by atoms with E-state index in [-0.39, 0.29) is 12.4 Å². The van der Waals surface area contributed by atoms with E-state index in [1.54, 1.807) is 0 Å². The molecule has 0 atom stereocenters. The molecular formula is C16H14ClN. The van der Waals surface area contributed by atoms with Crippen molar-refractivity contribution in [2.75, 3.05) is 0 Å². The molecule has 0 saturated heterocycles. The Labute approximate surface area is 113 Å². The summed E-state index contributed by atoms with van der Waals surface area (Å²) in [5.74, 6) is 0. The smallest absolute Gasteiger partial charge is 0.212 e. The minimum atomic E-state index is 0. The van der Waals surface area contributed by atoms with Gasteiger partial charge in [0.15, 0.2) is 12.7 Å².